The minimum absolute atomic E-state index is 0.0903. The molecular formula is C9H16O. The van der Waals surface area contributed by atoms with Gasteiger partial charge < -0.3 is 5.11 Å². The molecule has 0 aliphatic heterocycles. The van der Waals surface area contributed by atoms with Gasteiger partial charge in [0.2, 0.25) is 0 Å². The van der Waals surface area contributed by atoms with E-state index in [9.17, 15) is 5.11 Å². The van der Waals surface area contributed by atoms with Crippen molar-refractivity contribution in [1.29, 1.82) is 0 Å². The highest BCUT2D eigenvalue weighted by molar-refractivity contribution is 4.97. The zero-order valence-corrected chi connectivity index (χ0v) is 6.64. The fourth-order valence-electron chi connectivity index (χ4n) is 1.09. The third kappa shape index (κ3) is 2.14. The topological polar surface area (TPSA) is 20.2 Å². The first-order valence-electron chi connectivity index (χ1n) is 4.08. The lowest BCUT2D eigenvalue weighted by Gasteiger charge is -2.08. The summed E-state index contributed by atoms with van der Waals surface area (Å²) in [5.41, 5.74) is 1.18. The number of hydrogen-bond donors (Lipinski definition) is 1. The van der Waals surface area contributed by atoms with Gasteiger partial charge in [-0.25, -0.2) is 0 Å². The number of aliphatic hydroxyl groups excluding tert-OH is 1. The lowest BCUT2D eigenvalue weighted by atomic mass is 10.0. The number of hydrogen-bond acceptors (Lipinski definition) is 1. The van der Waals surface area contributed by atoms with Crippen LogP contribution in [0.3, 0.4) is 0 Å². The van der Waals surface area contributed by atoms with Crippen molar-refractivity contribution in [1.82, 2.24) is 0 Å². The summed E-state index contributed by atoms with van der Waals surface area (Å²) in [7, 11) is 0. The molecule has 0 heterocycles. The first kappa shape index (κ1) is 7.80. The van der Waals surface area contributed by atoms with Gasteiger partial charge in [-0.05, 0) is 31.6 Å². The summed E-state index contributed by atoms with van der Waals surface area (Å²) in [5.74, 6) is 0.600. The molecule has 0 aromatic carbocycles. The van der Waals surface area contributed by atoms with E-state index in [1.54, 1.807) is 0 Å². The van der Waals surface area contributed by atoms with Crippen LogP contribution in [0.25, 0.3) is 0 Å². The van der Waals surface area contributed by atoms with E-state index in [-0.39, 0.29) is 6.10 Å². The normalized spacial score (nSPS) is 20.6. The molecule has 0 radical (unpaired) electrons. The van der Waals surface area contributed by atoms with Crippen LogP contribution in [-0.4, -0.2) is 11.2 Å². The smallest absolute Gasteiger partial charge is 0.0605 e. The van der Waals surface area contributed by atoms with Crippen molar-refractivity contribution in [3.8, 4) is 0 Å². The quantitative estimate of drug-likeness (QED) is 0.593. The van der Waals surface area contributed by atoms with Gasteiger partial charge in [-0.1, -0.05) is 19.1 Å². The van der Waals surface area contributed by atoms with E-state index < -0.39 is 0 Å². The number of rotatable bonds is 4. The first-order valence-corrected chi connectivity index (χ1v) is 4.08. The molecule has 0 amide bonds. The van der Waals surface area contributed by atoms with Crippen LogP contribution in [-0.2, 0) is 0 Å². The molecule has 0 spiro atoms. The lowest BCUT2D eigenvalue weighted by Crippen LogP contribution is -2.09. The summed E-state index contributed by atoms with van der Waals surface area (Å²) in [4.78, 5) is 0. The highest BCUT2D eigenvalue weighted by atomic mass is 16.3. The van der Waals surface area contributed by atoms with Gasteiger partial charge in [0, 0.05) is 0 Å². The molecule has 0 aromatic heterocycles. The molecule has 1 unspecified atom stereocenters. The third-order valence-electron chi connectivity index (χ3n) is 2.16. The Balaban J connectivity index is 2.16. The Kier molecular flexibility index (Phi) is 2.50. The van der Waals surface area contributed by atoms with E-state index >= 15 is 0 Å². The van der Waals surface area contributed by atoms with Crippen LogP contribution in [0, 0.1) is 5.92 Å². The van der Waals surface area contributed by atoms with Crippen LogP contribution in [0.15, 0.2) is 12.2 Å². The maximum atomic E-state index is 9.43. The van der Waals surface area contributed by atoms with Crippen molar-refractivity contribution in [2.24, 2.45) is 5.92 Å². The molecule has 1 N–H and O–H groups in total. The Labute approximate surface area is 62.8 Å². The van der Waals surface area contributed by atoms with E-state index in [2.05, 4.69) is 13.5 Å². The minimum Gasteiger partial charge on any atom is -0.393 e. The Morgan fingerprint density at radius 2 is 2.30 bits per heavy atom. The first-order chi connectivity index (χ1) is 4.74. The van der Waals surface area contributed by atoms with Gasteiger partial charge >= 0.3 is 0 Å². The molecule has 1 rings (SSSR count). The van der Waals surface area contributed by atoms with Gasteiger partial charge in [-0.3, -0.25) is 0 Å². The fourth-order valence-corrected chi connectivity index (χ4v) is 1.09. The Morgan fingerprint density at radius 1 is 1.70 bits per heavy atom. The molecule has 1 fully saturated rings. The maximum absolute atomic E-state index is 9.43. The minimum atomic E-state index is -0.0903. The zero-order chi connectivity index (χ0) is 7.56. The highest BCUT2D eigenvalue weighted by Crippen LogP contribution is 2.35. The van der Waals surface area contributed by atoms with Crippen LogP contribution in [0.4, 0.5) is 0 Å². The summed E-state index contributed by atoms with van der Waals surface area (Å²) in [6.45, 7) is 5.95. The molecule has 1 aliphatic carbocycles. The van der Waals surface area contributed by atoms with E-state index in [0.29, 0.717) is 5.92 Å². The summed E-state index contributed by atoms with van der Waals surface area (Å²) >= 11 is 0. The molecule has 1 aliphatic rings. The van der Waals surface area contributed by atoms with Gasteiger partial charge in [-0.15, -0.1) is 0 Å². The van der Waals surface area contributed by atoms with Crippen LogP contribution >= 0.6 is 0 Å². The predicted molar refractivity (Wildman–Crippen MR) is 42.8 cm³/mol. The monoisotopic (exact) mass is 140 g/mol. The standard InChI is InChI=1S/C9H16O/c1-3-7(2)6-9(10)8-4-5-8/h8-10H,2-6H2,1H3. The summed E-state index contributed by atoms with van der Waals surface area (Å²) in [6, 6.07) is 0. The SMILES string of the molecule is C=C(CC)CC(O)C1CC1. The Hall–Kier alpha value is -0.300. The Bertz CT molecular complexity index is 125. The van der Waals surface area contributed by atoms with Crippen LogP contribution in [0.1, 0.15) is 32.6 Å². The largest absolute Gasteiger partial charge is 0.393 e. The van der Waals surface area contributed by atoms with Crippen LogP contribution in [0.2, 0.25) is 0 Å². The van der Waals surface area contributed by atoms with Crippen molar-refractivity contribution in [3.05, 3.63) is 12.2 Å². The average Bonchev–Trinajstić information content (AvgIpc) is 2.68. The molecule has 1 heteroatoms. The fraction of sp³-hybridized carbons (Fsp3) is 0.778. The summed E-state index contributed by atoms with van der Waals surface area (Å²) in [6.07, 6.45) is 4.17. The van der Waals surface area contributed by atoms with Gasteiger partial charge in [0.25, 0.3) is 0 Å². The molecular weight excluding hydrogens is 124 g/mol. The third-order valence-corrected chi connectivity index (χ3v) is 2.16. The van der Waals surface area contributed by atoms with Gasteiger partial charge in [0.05, 0.1) is 6.10 Å². The molecule has 1 saturated carbocycles. The molecule has 10 heavy (non-hydrogen) atoms. The second-order valence-corrected chi connectivity index (χ2v) is 3.21. The summed E-state index contributed by atoms with van der Waals surface area (Å²) in [5, 5.41) is 9.43. The average molecular weight is 140 g/mol. The predicted octanol–water partition coefficient (Wildman–Crippen LogP) is 2.11. The highest BCUT2D eigenvalue weighted by Gasteiger charge is 2.29. The second-order valence-electron chi connectivity index (χ2n) is 3.21. The molecule has 0 aromatic rings. The van der Waals surface area contributed by atoms with Crippen molar-refractivity contribution in [2.45, 2.75) is 38.7 Å². The molecule has 0 bridgehead atoms. The molecule has 0 saturated heterocycles. The van der Waals surface area contributed by atoms with Crippen molar-refractivity contribution >= 4 is 0 Å². The Morgan fingerprint density at radius 3 is 2.70 bits per heavy atom. The zero-order valence-electron chi connectivity index (χ0n) is 6.64. The van der Waals surface area contributed by atoms with Gasteiger partial charge in [0.15, 0.2) is 0 Å². The van der Waals surface area contributed by atoms with Crippen molar-refractivity contribution < 1.29 is 5.11 Å². The number of aliphatic hydroxyl groups is 1. The van der Waals surface area contributed by atoms with E-state index in [0.717, 1.165) is 12.8 Å². The van der Waals surface area contributed by atoms with Gasteiger partial charge in [-0.2, -0.15) is 0 Å². The summed E-state index contributed by atoms with van der Waals surface area (Å²) < 4.78 is 0. The van der Waals surface area contributed by atoms with Crippen LogP contribution in [0.5, 0.6) is 0 Å². The van der Waals surface area contributed by atoms with Gasteiger partial charge in [0.1, 0.15) is 0 Å². The molecule has 1 nitrogen and oxygen atoms in total. The van der Waals surface area contributed by atoms with Crippen LogP contribution < -0.4 is 0 Å². The lowest BCUT2D eigenvalue weighted by molar-refractivity contribution is 0.151. The van der Waals surface area contributed by atoms with E-state index in [1.807, 2.05) is 0 Å². The second kappa shape index (κ2) is 3.20. The van der Waals surface area contributed by atoms with E-state index in [4.69, 9.17) is 0 Å². The van der Waals surface area contributed by atoms with Crippen molar-refractivity contribution in [2.75, 3.05) is 0 Å². The molecule has 58 valence electrons. The molecule has 1 atom stereocenters. The maximum Gasteiger partial charge on any atom is 0.0605 e. The van der Waals surface area contributed by atoms with Crippen molar-refractivity contribution in [3.63, 3.8) is 0 Å². The van der Waals surface area contributed by atoms with E-state index in [1.165, 1.54) is 18.4 Å².